The summed E-state index contributed by atoms with van der Waals surface area (Å²) in [6, 6.07) is 2.39. The van der Waals surface area contributed by atoms with Crippen LogP contribution in [-0.4, -0.2) is 20.7 Å². The molecule has 0 aliphatic heterocycles. The number of halogens is 2. The van der Waals surface area contributed by atoms with Crippen molar-refractivity contribution < 1.29 is 23.4 Å². The maximum Gasteiger partial charge on any atom is 0.299 e. The van der Waals surface area contributed by atoms with Crippen LogP contribution in [0.3, 0.4) is 0 Å². The third-order valence-corrected chi connectivity index (χ3v) is 2.14. The first kappa shape index (κ1) is 10.3. The molecular weight excluding hydrogens is 198 g/mol. The molecule has 0 aliphatic rings. The van der Waals surface area contributed by atoms with Gasteiger partial charge in [-0.3, -0.25) is 0 Å². The third kappa shape index (κ3) is 2.10. The van der Waals surface area contributed by atoms with Gasteiger partial charge < -0.3 is 14.6 Å². The van der Waals surface area contributed by atoms with E-state index in [1.165, 1.54) is 0 Å². The zero-order valence-electron chi connectivity index (χ0n) is 6.79. The van der Waals surface area contributed by atoms with Crippen LogP contribution in [0, 0.1) is 11.6 Å². The van der Waals surface area contributed by atoms with Crippen LogP contribution >= 0.6 is 0 Å². The Hall–Kier alpha value is -0.823. The summed E-state index contributed by atoms with van der Waals surface area (Å²) in [6.45, 7) is 0. The van der Waals surface area contributed by atoms with E-state index in [0.717, 1.165) is 12.1 Å². The topological polar surface area (TPSA) is 49.7 Å². The largest absolute Gasteiger partial charge is 0.377 e. The van der Waals surface area contributed by atoms with Crippen LogP contribution in [0.25, 0.3) is 0 Å². The van der Waals surface area contributed by atoms with Gasteiger partial charge in [0.2, 0.25) is 0 Å². The first-order valence-corrected chi connectivity index (χ1v) is 4.24. The monoisotopic (exact) mass is 206 g/mol. The van der Waals surface area contributed by atoms with Crippen LogP contribution < -0.4 is 0 Å². The van der Waals surface area contributed by atoms with Crippen LogP contribution in [0.2, 0.25) is 0 Å². The highest BCUT2D eigenvalue weighted by Gasteiger charge is 2.28. The van der Waals surface area contributed by atoms with Crippen LogP contribution in [-0.2, 0) is 10.4 Å². The van der Waals surface area contributed by atoms with Gasteiger partial charge in [0.1, 0.15) is 11.6 Å². The molecule has 13 heavy (non-hydrogen) atoms. The van der Waals surface area contributed by atoms with E-state index in [-0.39, 0.29) is 10.5 Å². The van der Waals surface area contributed by atoms with E-state index in [2.05, 4.69) is 4.43 Å². The van der Waals surface area contributed by atoms with Gasteiger partial charge in [-0.1, -0.05) is 0 Å². The Bertz CT molecular complexity index is 317. The molecule has 1 rings (SSSR count). The predicted octanol–water partition coefficient (Wildman–Crippen LogP) is -0.643. The van der Waals surface area contributed by atoms with Gasteiger partial charge in [-0.25, -0.2) is 8.78 Å². The molecule has 0 fully saturated rings. The molecule has 0 spiro atoms. The summed E-state index contributed by atoms with van der Waals surface area (Å²) in [4.78, 5) is 0. The summed E-state index contributed by atoms with van der Waals surface area (Å²) in [5, 5.41) is 18.1. The van der Waals surface area contributed by atoms with Gasteiger partial charge in [0, 0.05) is 6.07 Å². The quantitative estimate of drug-likeness (QED) is 0.500. The van der Waals surface area contributed by atoms with E-state index in [4.69, 9.17) is 10.2 Å². The Balaban J connectivity index is 3.16. The van der Waals surface area contributed by atoms with Gasteiger partial charge in [0.15, 0.2) is 10.5 Å². The lowest BCUT2D eigenvalue weighted by molar-refractivity contribution is -0.305. The fourth-order valence-corrected chi connectivity index (χ4v) is 1.08. The van der Waals surface area contributed by atoms with E-state index in [0.29, 0.717) is 6.07 Å². The summed E-state index contributed by atoms with van der Waals surface area (Å²) in [6.07, 6.45) is 0. The fourth-order valence-electron chi connectivity index (χ4n) is 0.864. The van der Waals surface area contributed by atoms with Crippen molar-refractivity contribution in [2.75, 3.05) is 0 Å². The number of benzene rings is 1. The number of hydrogen-bond acceptors (Lipinski definition) is 3. The molecule has 0 heterocycles. The van der Waals surface area contributed by atoms with E-state index >= 15 is 0 Å². The average molecular weight is 206 g/mol. The second-order valence-electron chi connectivity index (χ2n) is 2.44. The molecule has 6 heteroatoms. The van der Waals surface area contributed by atoms with Gasteiger partial charge in [-0.2, -0.15) is 0 Å². The smallest absolute Gasteiger partial charge is 0.299 e. The highest BCUT2D eigenvalue weighted by molar-refractivity contribution is 5.98. The fraction of sp³-hybridized carbons (Fsp3) is 0.143. The zero-order chi connectivity index (χ0) is 10.1. The summed E-state index contributed by atoms with van der Waals surface area (Å²) in [5.74, 6) is -4.50. The minimum absolute atomic E-state index is 0.0178. The lowest BCUT2D eigenvalue weighted by atomic mass is 10.2. The van der Waals surface area contributed by atoms with Crippen LogP contribution in [0.5, 0.6) is 0 Å². The van der Waals surface area contributed by atoms with Gasteiger partial charge in [0.05, 0.1) is 5.56 Å². The molecule has 0 saturated carbocycles. The van der Waals surface area contributed by atoms with Crippen molar-refractivity contribution in [3.63, 3.8) is 0 Å². The molecular formula is C7H8F2O3Si. The second-order valence-corrected chi connectivity index (χ2v) is 2.84. The minimum atomic E-state index is -2.66. The molecule has 0 aromatic heterocycles. The van der Waals surface area contributed by atoms with E-state index in [1.807, 2.05) is 0 Å². The van der Waals surface area contributed by atoms with Crippen molar-refractivity contribution in [1.29, 1.82) is 0 Å². The van der Waals surface area contributed by atoms with Crippen molar-refractivity contribution >= 4 is 10.5 Å². The number of aliphatic hydroxyl groups is 2. The summed E-state index contributed by atoms with van der Waals surface area (Å²) in [7, 11) is 0.0178. The van der Waals surface area contributed by atoms with Crippen LogP contribution in [0.4, 0.5) is 8.78 Å². The van der Waals surface area contributed by atoms with Crippen molar-refractivity contribution in [3.8, 4) is 0 Å². The van der Waals surface area contributed by atoms with Crippen molar-refractivity contribution in [2.45, 2.75) is 5.97 Å². The van der Waals surface area contributed by atoms with Gasteiger partial charge >= 0.3 is 0 Å². The first-order chi connectivity index (χ1) is 5.97. The van der Waals surface area contributed by atoms with E-state index < -0.39 is 23.2 Å². The maximum atomic E-state index is 12.9. The highest BCUT2D eigenvalue weighted by atomic mass is 28.2. The Morgan fingerprint density at radius 2 is 1.92 bits per heavy atom. The molecule has 0 aliphatic carbocycles. The molecule has 1 aromatic rings. The standard InChI is InChI=1S/C7H8F2O3Si/c8-4-1-2-5(6(9)3-4)7(10,11)12-13/h1-3,10-11H,13H3. The Labute approximate surface area is 76.1 Å². The number of rotatable bonds is 2. The highest BCUT2D eigenvalue weighted by Crippen LogP contribution is 2.21. The van der Waals surface area contributed by atoms with Gasteiger partial charge in [-0.15, -0.1) is 0 Å². The molecule has 72 valence electrons. The maximum absolute atomic E-state index is 12.9. The van der Waals surface area contributed by atoms with E-state index in [9.17, 15) is 8.78 Å². The zero-order valence-corrected chi connectivity index (χ0v) is 8.79. The Morgan fingerprint density at radius 1 is 1.31 bits per heavy atom. The minimum Gasteiger partial charge on any atom is -0.377 e. The lowest BCUT2D eigenvalue weighted by Crippen LogP contribution is -2.29. The average Bonchev–Trinajstić information content (AvgIpc) is 2.03. The van der Waals surface area contributed by atoms with E-state index in [1.54, 1.807) is 0 Å². The SMILES string of the molecule is OC(O)(O[SiH3])c1ccc(F)cc1F. The molecule has 0 radical (unpaired) electrons. The van der Waals surface area contributed by atoms with Crippen molar-refractivity contribution in [3.05, 3.63) is 35.4 Å². The molecule has 0 bridgehead atoms. The summed E-state index contributed by atoms with van der Waals surface area (Å²) >= 11 is 0. The van der Waals surface area contributed by atoms with Gasteiger partial charge in [-0.05, 0) is 12.1 Å². The van der Waals surface area contributed by atoms with Crippen LogP contribution in [0.15, 0.2) is 18.2 Å². The normalized spacial score (nSPS) is 12.0. The molecule has 1 aromatic carbocycles. The number of hydrogen-bond donors (Lipinski definition) is 2. The first-order valence-electron chi connectivity index (χ1n) is 3.43. The molecule has 3 nitrogen and oxygen atoms in total. The molecule has 0 atom stereocenters. The lowest BCUT2D eigenvalue weighted by Gasteiger charge is -2.20. The summed E-state index contributed by atoms with van der Waals surface area (Å²) < 4.78 is 29.6. The van der Waals surface area contributed by atoms with Crippen LogP contribution in [0.1, 0.15) is 5.56 Å². The molecule has 0 unspecified atom stereocenters. The Morgan fingerprint density at radius 3 is 2.38 bits per heavy atom. The van der Waals surface area contributed by atoms with Crippen molar-refractivity contribution in [1.82, 2.24) is 0 Å². The molecule has 0 saturated heterocycles. The predicted molar refractivity (Wildman–Crippen MR) is 43.5 cm³/mol. The van der Waals surface area contributed by atoms with Crippen molar-refractivity contribution in [2.24, 2.45) is 0 Å². The third-order valence-electron chi connectivity index (χ3n) is 1.57. The summed E-state index contributed by atoms with van der Waals surface area (Å²) in [5.41, 5.74) is -0.496. The Kier molecular flexibility index (Phi) is 2.76. The molecule has 0 amide bonds. The molecule has 2 N–H and O–H groups in total. The van der Waals surface area contributed by atoms with Gasteiger partial charge in [0.25, 0.3) is 5.97 Å². The second kappa shape index (κ2) is 3.50.